The Kier molecular flexibility index (Phi) is 9.01. The number of carboxylic acid groups (broad SMARTS) is 1. The Balaban J connectivity index is 1.84. The number of aliphatic carboxylic acids is 1. The van der Waals surface area contributed by atoms with Crippen molar-refractivity contribution in [3.8, 4) is 5.75 Å². The van der Waals surface area contributed by atoms with Gasteiger partial charge in [0.15, 0.2) is 0 Å². The standard InChI is InChI=1S/C22H31NO5/c1-2-28-19-9-7-8-17(16-19)20(24)13-11-18-12-14-21(25)23(18)15-6-4-3-5-10-22(26)27/h7-9,11,13,16,18,20,24H,2-6,10,12,14-15H2,1H3,(H,26,27)/b13-11+/t18-,20?/m0/s1. The van der Waals surface area contributed by atoms with E-state index in [4.69, 9.17) is 9.84 Å². The van der Waals surface area contributed by atoms with Crippen molar-refractivity contribution in [3.63, 3.8) is 0 Å². The summed E-state index contributed by atoms with van der Waals surface area (Å²) in [7, 11) is 0. The molecule has 1 fully saturated rings. The van der Waals surface area contributed by atoms with E-state index in [1.807, 2.05) is 42.2 Å². The maximum Gasteiger partial charge on any atom is 0.303 e. The topological polar surface area (TPSA) is 87.1 Å². The van der Waals surface area contributed by atoms with Crippen molar-refractivity contribution in [3.05, 3.63) is 42.0 Å². The Labute approximate surface area is 166 Å². The van der Waals surface area contributed by atoms with Gasteiger partial charge in [0.05, 0.1) is 18.8 Å². The minimum Gasteiger partial charge on any atom is -0.494 e. The molecule has 1 unspecified atom stereocenters. The summed E-state index contributed by atoms with van der Waals surface area (Å²) >= 11 is 0. The molecule has 0 aliphatic carbocycles. The van der Waals surface area contributed by atoms with Gasteiger partial charge in [-0.05, 0) is 43.9 Å². The average Bonchev–Trinajstić information content (AvgIpc) is 3.02. The van der Waals surface area contributed by atoms with E-state index in [0.29, 0.717) is 26.0 Å². The predicted octanol–water partition coefficient (Wildman–Crippen LogP) is 3.70. The van der Waals surface area contributed by atoms with Crippen molar-refractivity contribution in [2.75, 3.05) is 13.2 Å². The molecule has 1 saturated heterocycles. The highest BCUT2D eigenvalue weighted by Gasteiger charge is 2.28. The molecule has 1 amide bonds. The van der Waals surface area contributed by atoms with Crippen LogP contribution in [0.4, 0.5) is 0 Å². The largest absolute Gasteiger partial charge is 0.494 e. The molecule has 0 aromatic heterocycles. The Bertz CT molecular complexity index is 673. The summed E-state index contributed by atoms with van der Waals surface area (Å²) in [4.78, 5) is 24.6. The van der Waals surface area contributed by atoms with Crippen LogP contribution in [0.2, 0.25) is 0 Å². The third kappa shape index (κ3) is 7.00. The maximum atomic E-state index is 12.2. The highest BCUT2D eigenvalue weighted by atomic mass is 16.5. The van der Waals surface area contributed by atoms with Crippen LogP contribution in [0.5, 0.6) is 5.75 Å². The number of aliphatic hydroxyl groups excluding tert-OH is 1. The van der Waals surface area contributed by atoms with Crippen LogP contribution in [0.15, 0.2) is 36.4 Å². The van der Waals surface area contributed by atoms with Crippen LogP contribution in [0.25, 0.3) is 0 Å². The van der Waals surface area contributed by atoms with Crippen molar-refractivity contribution in [1.29, 1.82) is 0 Å². The molecule has 0 radical (unpaired) electrons. The second kappa shape index (κ2) is 11.5. The lowest BCUT2D eigenvalue weighted by Gasteiger charge is -2.22. The first-order valence-corrected chi connectivity index (χ1v) is 10.1. The molecule has 0 bridgehead atoms. The monoisotopic (exact) mass is 389 g/mol. The summed E-state index contributed by atoms with van der Waals surface area (Å²) in [5, 5.41) is 19.1. The number of nitrogens with zero attached hydrogens (tertiary/aromatic N) is 1. The molecule has 1 aliphatic heterocycles. The molecule has 1 heterocycles. The summed E-state index contributed by atoms with van der Waals surface area (Å²) in [5.41, 5.74) is 0.761. The van der Waals surface area contributed by atoms with Gasteiger partial charge in [-0.15, -0.1) is 0 Å². The molecule has 2 N–H and O–H groups in total. The minimum atomic E-state index is -0.759. The quantitative estimate of drug-likeness (QED) is 0.420. The number of hydrogen-bond donors (Lipinski definition) is 2. The van der Waals surface area contributed by atoms with Crippen LogP contribution in [-0.2, 0) is 9.59 Å². The lowest BCUT2D eigenvalue weighted by atomic mass is 10.1. The van der Waals surface area contributed by atoms with Crippen LogP contribution in [0, 0.1) is 0 Å². The number of rotatable bonds is 12. The number of carbonyl (C=O) groups excluding carboxylic acids is 1. The Hall–Kier alpha value is -2.34. The van der Waals surface area contributed by atoms with Crippen LogP contribution in [0.1, 0.15) is 63.5 Å². The first kappa shape index (κ1) is 22.0. The fourth-order valence-electron chi connectivity index (χ4n) is 3.46. The fraction of sp³-hybridized carbons (Fsp3) is 0.545. The summed E-state index contributed by atoms with van der Waals surface area (Å²) in [6.07, 6.45) is 7.76. The molecule has 1 aromatic carbocycles. The molecule has 6 nitrogen and oxygen atoms in total. The number of aliphatic hydroxyl groups is 1. The van der Waals surface area contributed by atoms with Gasteiger partial charge in [-0.1, -0.05) is 37.1 Å². The van der Waals surface area contributed by atoms with Gasteiger partial charge in [-0.25, -0.2) is 0 Å². The summed E-state index contributed by atoms with van der Waals surface area (Å²) < 4.78 is 5.47. The van der Waals surface area contributed by atoms with Crippen LogP contribution >= 0.6 is 0 Å². The zero-order valence-corrected chi connectivity index (χ0v) is 16.5. The Morgan fingerprint density at radius 1 is 1.32 bits per heavy atom. The van der Waals surface area contributed by atoms with Crippen LogP contribution in [0.3, 0.4) is 0 Å². The van der Waals surface area contributed by atoms with Gasteiger partial charge in [0.1, 0.15) is 5.75 Å². The number of unbranched alkanes of at least 4 members (excludes halogenated alkanes) is 3. The van der Waals surface area contributed by atoms with Crippen molar-refractivity contribution in [2.45, 2.75) is 64.0 Å². The summed E-state index contributed by atoms with van der Waals surface area (Å²) in [5.74, 6) is 0.117. The third-order valence-electron chi connectivity index (χ3n) is 4.94. The number of amides is 1. The fourth-order valence-corrected chi connectivity index (χ4v) is 3.46. The van der Waals surface area contributed by atoms with Gasteiger partial charge in [0, 0.05) is 19.4 Å². The van der Waals surface area contributed by atoms with Gasteiger partial charge in [-0.3, -0.25) is 9.59 Å². The lowest BCUT2D eigenvalue weighted by Crippen LogP contribution is -2.32. The van der Waals surface area contributed by atoms with E-state index in [1.165, 1.54) is 0 Å². The molecular weight excluding hydrogens is 358 g/mol. The maximum absolute atomic E-state index is 12.2. The zero-order valence-electron chi connectivity index (χ0n) is 16.5. The average molecular weight is 389 g/mol. The van der Waals surface area contributed by atoms with E-state index >= 15 is 0 Å². The molecule has 2 atom stereocenters. The normalized spacial score (nSPS) is 18.0. The molecule has 28 heavy (non-hydrogen) atoms. The number of likely N-dealkylation sites (tertiary alicyclic amines) is 1. The number of ether oxygens (including phenoxy) is 1. The van der Waals surface area contributed by atoms with Crippen LogP contribution in [-0.4, -0.2) is 46.2 Å². The first-order chi connectivity index (χ1) is 13.5. The molecule has 1 aromatic rings. The van der Waals surface area contributed by atoms with Crippen LogP contribution < -0.4 is 4.74 Å². The summed E-state index contributed by atoms with van der Waals surface area (Å²) in [6, 6.07) is 7.40. The van der Waals surface area contributed by atoms with Crippen molar-refractivity contribution in [2.24, 2.45) is 0 Å². The smallest absolute Gasteiger partial charge is 0.303 e. The van der Waals surface area contributed by atoms with Gasteiger partial charge < -0.3 is 19.8 Å². The molecule has 0 saturated carbocycles. The predicted molar refractivity (Wildman–Crippen MR) is 107 cm³/mol. The van der Waals surface area contributed by atoms with Crippen molar-refractivity contribution in [1.82, 2.24) is 4.90 Å². The van der Waals surface area contributed by atoms with E-state index in [0.717, 1.165) is 37.0 Å². The highest BCUT2D eigenvalue weighted by molar-refractivity contribution is 5.79. The van der Waals surface area contributed by atoms with E-state index < -0.39 is 12.1 Å². The first-order valence-electron chi connectivity index (χ1n) is 10.1. The van der Waals surface area contributed by atoms with Gasteiger partial charge in [0.2, 0.25) is 5.91 Å². The van der Waals surface area contributed by atoms with Crippen molar-refractivity contribution < 1.29 is 24.5 Å². The van der Waals surface area contributed by atoms with E-state index in [1.54, 1.807) is 6.08 Å². The minimum absolute atomic E-state index is 0.0104. The SMILES string of the molecule is CCOc1cccc(C(O)/C=C/[C@H]2CCC(=O)N2CCCCCCC(=O)O)c1. The molecule has 0 spiro atoms. The van der Waals surface area contributed by atoms with Gasteiger partial charge >= 0.3 is 5.97 Å². The van der Waals surface area contributed by atoms with E-state index in [9.17, 15) is 14.7 Å². The lowest BCUT2D eigenvalue weighted by molar-refractivity contribution is -0.137. The van der Waals surface area contributed by atoms with Gasteiger partial charge in [-0.2, -0.15) is 0 Å². The second-order valence-electron chi connectivity index (χ2n) is 7.09. The van der Waals surface area contributed by atoms with Gasteiger partial charge in [0.25, 0.3) is 0 Å². The number of carboxylic acids is 1. The molecular formula is C22H31NO5. The Morgan fingerprint density at radius 2 is 2.11 bits per heavy atom. The summed E-state index contributed by atoms with van der Waals surface area (Å²) in [6.45, 7) is 3.17. The Morgan fingerprint density at radius 3 is 2.86 bits per heavy atom. The molecule has 6 heteroatoms. The van der Waals surface area contributed by atoms with E-state index in [-0.39, 0.29) is 18.4 Å². The third-order valence-corrected chi connectivity index (χ3v) is 4.94. The number of benzene rings is 1. The molecule has 154 valence electrons. The zero-order chi connectivity index (χ0) is 20.4. The molecule has 2 rings (SSSR count). The van der Waals surface area contributed by atoms with Crippen molar-refractivity contribution >= 4 is 11.9 Å². The number of carbonyl (C=O) groups is 2. The highest BCUT2D eigenvalue weighted by Crippen LogP contribution is 2.24. The number of hydrogen-bond acceptors (Lipinski definition) is 4. The van der Waals surface area contributed by atoms with E-state index in [2.05, 4.69) is 0 Å². The molecule has 1 aliphatic rings. The second-order valence-corrected chi connectivity index (χ2v) is 7.09.